The van der Waals surface area contributed by atoms with E-state index in [1.54, 1.807) is 0 Å². The van der Waals surface area contributed by atoms with Crippen molar-refractivity contribution < 1.29 is 0 Å². The Hall–Kier alpha value is -0.550. The third kappa shape index (κ3) is 2.49. The summed E-state index contributed by atoms with van der Waals surface area (Å²) in [5.74, 6) is 2.63. The first-order valence-corrected chi connectivity index (χ1v) is 4.81. The van der Waals surface area contributed by atoms with Gasteiger partial charge in [-0.15, -0.1) is 0 Å². The van der Waals surface area contributed by atoms with Gasteiger partial charge in [0.15, 0.2) is 0 Å². The predicted molar refractivity (Wildman–Crippen MR) is 49.5 cm³/mol. The van der Waals surface area contributed by atoms with Crippen LogP contribution in [0.4, 0.5) is 0 Å². The van der Waals surface area contributed by atoms with Gasteiger partial charge in [0, 0.05) is 0 Å². The standard InChI is InChI=1S/C10H18N2/c1-8(2)10-5-9(6-10)7-12-4-3-11/h8-10,12H,4-7H2,1-2H3. The minimum absolute atomic E-state index is 0.503. The van der Waals surface area contributed by atoms with Gasteiger partial charge in [0.05, 0.1) is 12.6 Å². The molecule has 1 N–H and O–H groups in total. The number of nitriles is 1. The average molecular weight is 166 g/mol. The molecule has 0 atom stereocenters. The molecule has 0 spiro atoms. The molecule has 1 aliphatic rings. The fourth-order valence-electron chi connectivity index (χ4n) is 1.83. The Balaban J connectivity index is 1.99. The van der Waals surface area contributed by atoms with E-state index in [4.69, 9.17) is 5.26 Å². The van der Waals surface area contributed by atoms with E-state index >= 15 is 0 Å². The summed E-state index contributed by atoms with van der Waals surface area (Å²) in [7, 11) is 0. The van der Waals surface area contributed by atoms with Crippen LogP contribution in [0.2, 0.25) is 0 Å². The molecular formula is C10H18N2. The van der Waals surface area contributed by atoms with Gasteiger partial charge in [-0.3, -0.25) is 0 Å². The van der Waals surface area contributed by atoms with Gasteiger partial charge in [-0.05, 0) is 37.1 Å². The van der Waals surface area contributed by atoms with E-state index in [0.717, 1.165) is 24.3 Å². The topological polar surface area (TPSA) is 35.8 Å². The fraction of sp³-hybridized carbons (Fsp3) is 0.900. The van der Waals surface area contributed by atoms with Crippen molar-refractivity contribution in [2.75, 3.05) is 13.1 Å². The van der Waals surface area contributed by atoms with Crippen molar-refractivity contribution in [3.8, 4) is 6.07 Å². The quantitative estimate of drug-likeness (QED) is 0.510. The number of hydrogen-bond donors (Lipinski definition) is 1. The maximum absolute atomic E-state index is 8.30. The van der Waals surface area contributed by atoms with Crippen LogP contribution in [0, 0.1) is 29.1 Å². The van der Waals surface area contributed by atoms with Crippen LogP contribution in [0.15, 0.2) is 0 Å². The summed E-state index contributed by atoms with van der Waals surface area (Å²) >= 11 is 0. The first-order chi connectivity index (χ1) is 5.74. The van der Waals surface area contributed by atoms with Crippen molar-refractivity contribution >= 4 is 0 Å². The third-order valence-corrected chi connectivity index (χ3v) is 2.85. The van der Waals surface area contributed by atoms with E-state index in [0.29, 0.717) is 6.54 Å². The molecule has 0 bridgehead atoms. The molecule has 0 aromatic rings. The zero-order chi connectivity index (χ0) is 8.97. The van der Waals surface area contributed by atoms with Crippen molar-refractivity contribution in [3.63, 3.8) is 0 Å². The molecule has 0 aromatic heterocycles. The molecule has 1 fully saturated rings. The minimum atomic E-state index is 0.503. The summed E-state index contributed by atoms with van der Waals surface area (Å²) in [6, 6.07) is 2.09. The van der Waals surface area contributed by atoms with E-state index < -0.39 is 0 Å². The molecule has 0 unspecified atom stereocenters. The van der Waals surface area contributed by atoms with Crippen LogP contribution in [0.1, 0.15) is 26.7 Å². The molecular weight excluding hydrogens is 148 g/mol. The maximum Gasteiger partial charge on any atom is 0.0841 e. The molecule has 0 heterocycles. The molecule has 0 saturated heterocycles. The molecule has 1 rings (SSSR count). The highest BCUT2D eigenvalue weighted by Gasteiger charge is 2.30. The zero-order valence-electron chi connectivity index (χ0n) is 8.01. The Kier molecular flexibility index (Phi) is 3.55. The lowest BCUT2D eigenvalue weighted by atomic mass is 9.69. The summed E-state index contributed by atoms with van der Waals surface area (Å²) in [4.78, 5) is 0. The van der Waals surface area contributed by atoms with Crippen LogP contribution in [0.25, 0.3) is 0 Å². The van der Waals surface area contributed by atoms with Crippen LogP contribution < -0.4 is 5.32 Å². The average Bonchev–Trinajstić information content (AvgIpc) is 1.93. The highest BCUT2D eigenvalue weighted by molar-refractivity contribution is 4.84. The van der Waals surface area contributed by atoms with Gasteiger partial charge in [0.2, 0.25) is 0 Å². The van der Waals surface area contributed by atoms with E-state index in [1.807, 2.05) is 0 Å². The molecule has 12 heavy (non-hydrogen) atoms. The second-order valence-corrected chi connectivity index (χ2v) is 4.13. The van der Waals surface area contributed by atoms with E-state index in [9.17, 15) is 0 Å². The zero-order valence-corrected chi connectivity index (χ0v) is 8.01. The van der Waals surface area contributed by atoms with Crippen LogP contribution in [0.3, 0.4) is 0 Å². The molecule has 1 aliphatic carbocycles. The lowest BCUT2D eigenvalue weighted by Crippen LogP contribution is -2.35. The highest BCUT2D eigenvalue weighted by Crippen LogP contribution is 2.38. The van der Waals surface area contributed by atoms with E-state index in [1.165, 1.54) is 12.8 Å². The Morgan fingerprint density at radius 3 is 2.67 bits per heavy atom. The Labute approximate surface area is 75.0 Å². The maximum atomic E-state index is 8.30. The normalized spacial score (nSPS) is 28.2. The summed E-state index contributed by atoms with van der Waals surface area (Å²) in [6.45, 7) is 6.13. The Bertz CT molecular complexity index is 163. The van der Waals surface area contributed by atoms with Gasteiger partial charge in [-0.2, -0.15) is 5.26 Å². The van der Waals surface area contributed by atoms with Crippen molar-refractivity contribution in [2.24, 2.45) is 17.8 Å². The van der Waals surface area contributed by atoms with E-state index in [-0.39, 0.29) is 0 Å². The van der Waals surface area contributed by atoms with Crippen molar-refractivity contribution in [2.45, 2.75) is 26.7 Å². The molecule has 1 saturated carbocycles. The van der Waals surface area contributed by atoms with Crippen molar-refractivity contribution in [3.05, 3.63) is 0 Å². The second-order valence-electron chi connectivity index (χ2n) is 4.13. The van der Waals surface area contributed by atoms with E-state index in [2.05, 4.69) is 25.2 Å². The Morgan fingerprint density at radius 1 is 1.50 bits per heavy atom. The summed E-state index contributed by atoms with van der Waals surface area (Å²) in [5, 5.41) is 11.4. The van der Waals surface area contributed by atoms with Gasteiger partial charge in [-0.1, -0.05) is 13.8 Å². The summed E-state index contributed by atoms with van der Waals surface area (Å²) in [5.41, 5.74) is 0. The monoisotopic (exact) mass is 166 g/mol. The van der Waals surface area contributed by atoms with Crippen LogP contribution >= 0.6 is 0 Å². The molecule has 0 aliphatic heterocycles. The third-order valence-electron chi connectivity index (χ3n) is 2.85. The molecule has 0 radical (unpaired) electrons. The lowest BCUT2D eigenvalue weighted by molar-refractivity contribution is 0.140. The fourth-order valence-corrected chi connectivity index (χ4v) is 1.83. The Morgan fingerprint density at radius 2 is 2.17 bits per heavy atom. The smallest absolute Gasteiger partial charge is 0.0841 e. The minimum Gasteiger partial charge on any atom is -0.304 e. The van der Waals surface area contributed by atoms with Crippen LogP contribution in [-0.2, 0) is 0 Å². The lowest BCUT2D eigenvalue weighted by Gasteiger charge is -2.38. The van der Waals surface area contributed by atoms with Gasteiger partial charge < -0.3 is 5.32 Å². The van der Waals surface area contributed by atoms with Crippen LogP contribution in [0.5, 0.6) is 0 Å². The predicted octanol–water partition coefficient (Wildman–Crippen LogP) is 1.78. The number of hydrogen-bond acceptors (Lipinski definition) is 2. The van der Waals surface area contributed by atoms with Crippen LogP contribution in [-0.4, -0.2) is 13.1 Å². The summed E-state index contributed by atoms with van der Waals surface area (Å²) < 4.78 is 0. The molecule has 2 heteroatoms. The van der Waals surface area contributed by atoms with Crippen molar-refractivity contribution in [1.29, 1.82) is 5.26 Å². The summed E-state index contributed by atoms with van der Waals surface area (Å²) in [6.07, 6.45) is 2.71. The van der Waals surface area contributed by atoms with Gasteiger partial charge >= 0.3 is 0 Å². The van der Waals surface area contributed by atoms with Crippen molar-refractivity contribution in [1.82, 2.24) is 5.32 Å². The van der Waals surface area contributed by atoms with Gasteiger partial charge in [0.1, 0.15) is 0 Å². The SMILES string of the molecule is CC(C)C1CC(CNCC#N)C1. The largest absolute Gasteiger partial charge is 0.304 e. The first kappa shape index (κ1) is 9.54. The number of nitrogens with one attached hydrogen (secondary N) is 1. The number of rotatable bonds is 4. The number of nitrogens with zero attached hydrogens (tertiary/aromatic N) is 1. The van der Waals surface area contributed by atoms with Gasteiger partial charge in [0.25, 0.3) is 0 Å². The molecule has 2 nitrogen and oxygen atoms in total. The molecule has 0 aromatic carbocycles. The molecule has 0 amide bonds. The van der Waals surface area contributed by atoms with Gasteiger partial charge in [-0.25, -0.2) is 0 Å². The highest BCUT2D eigenvalue weighted by atomic mass is 14.9. The molecule has 68 valence electrons. The first-order valence-electron chi connectivity index (χ1n) is 4.81. The second kappa shape index (κ2) is 4.47.